The van der Waals surface area contributed by atoms with E-state index in [1.54, 1.807) is 18.0 Å². The number of pyridine rings is 1. The second-order valence-corrected chi connectivity index (χ2v) is 5.47. The maximum atomic E-state index is 11.6. The van der Waals surface area contributed by atoms with Crippen molar-refractivity contribution >= 4 is 17.7 Å². The van der Waals surface area contributed by atoms with Gasteiger partial charge in [-0.05, 0) is 25.0 Å². The summed E-state index contributed by atoms with van der Waals surface area (Å²) in [7, 11) is 0. The van der Waals surface area contributed by atoms with Crippen molar-refractivity contribution in [3.8, 4) is 6.07 Å². The molecule has 1 heterocycles. The average Bonchev–Trinajstić information content (AvgIpc) is 3.16. The Bertz CT molecular complexity index is 451. The molecule has 18 heavy (non-hydrogen) atoms. The fourth-order valence-electron chi connectivity index (χ4n) is 1.54. The van der Waals surface area contributed by atoms with Crippen LogP contribution in [0.4, 0.5) is 0 Å². The second-order valence-electron chi connectivity index (χ2n) is 4.37. The van der Waals surface area contributed by atoms with Crippen LogP contribution in [0.5, 0.6) is 0 Å². The van der Waals surface area contributed by atoms with Crippen LogP contribution >= 0.6 is 11.8 Å². The highest BCUT2D eigenvalue weighted by molar-refractivity contribution is 7.98. The van der Waals surface area contributed by atoms with Crippen LogP contribution in [0.3, 0.4) is 0 Å². The first-order valence-corrected chi connectivity index (χ1v) is 7.09. The van der Waals surface area contributed by atoms with Crippen LogP contribution < -0.4 is 5.32 Å². The third-order valence-electron chi connectivity index (χ3n) is 2.79. The van der Waals surface area contributed by atoms with Crippen molar-refractivity contribution in [1.82, 2.24) is 10.3 Å². The van der Waals surface area contributed by atoms with Crippen LogP contribution in [-0.4, -0.2) is 22.2 Å². The molecule has 94 valence electrons. The Balaban J connectivity index is 1.61. The number of amides is 1. The largest absolute Gasteiger partial charge is 0.338 e. The molecule has 1 fully saturated rings. The standard InChI is InChI=1S/C13H15N3OS/c14-10-13(5-6-13)16-12(17)4-8-18-9-11-3-1-2-7-15-11/h1-3,7H,4-6,8-9H2,(H,16,17). The van der Waals surface area contributed by atoms with Gasteiger partial charge in [0.15, 0.2) is 0 Å². The van der Waals surface area contributed by atoms with E-state index in [-0.39, 0.29) is 5.91 Å². The van der Waals surface area contributed by atoms with Crippen LogP contribution in [0.2, 0.25) is 0 Å². The fourth-order valence-corrected chi connectivity index (χ4v) is 2.40. The zero-order chi connectivity index (χ0) is 12.8. The van der Waals surface area contributed by atoms with Gasteiger partial charge in [0.25, 0.3) is 0 Å². The number of carbonyl (C=O) groups excluding carboxylic acids is 1. The van der Waals surface area contributed by atoms with Gasteiger partial charge in [-0.2, -0.15) is 17.0 Å². The van der Waals surface area contributed by atoms with E-state index in [0.717, 1.165) is 30.0 Å². The van der Waals surface area contributed by atoms with E-state index in [1.165, 1.54) is 0 Å². The van der Waals surface area contributed by atoms with Crippen LogP contribution in [-0.2, 0) is 10.5 Å². The molecule has 1 aliphatic rings. The number of aromatic nitrogens is 1. The predicted octanol–water partition coefficient (Wildman–Crippen LogP) is 1.88. The van der Waals surface area contributed by atoms with Crippen molar-refractivity contribution in [3.05, 3.63) is 30.1 Å². The molecule has 4 nitrogen and oxygen atoms in total. The lowest BCUT2D eigenvalue weighted by Gasteiger charge is -2.08. The molecule has 0 aliphatic heterocycles. The van der Waals surface area contributed by atoms with Gasteiger partial charge in [0, 0.05) is 24.1 Å². The minimum atomic E-state index is -0.539. The molecule has 1 aromatic rings. The number of nitrogens with one attached hydrogen (secondary N) is 1. The molecule has 0 unspecified atom stereocenters. The van der Waals surface area contributed by atoms with Crippen LogP contribution in [0, 0.1) is 11.3 Å². The summed E-state index contributed by atoms with van der Waals surface area (Å²) < 4.78 is 0. The molecule has 0 atom stereocenters. The third-order valence-corrected chi connectivity index (χ3v) is 3.78. The number of nitrogens with zero attached hydrogens (tertiary/aromatic N) is 2. The number of hydrogen-bond acceptors (Lipinski definition) is 4. The molecule has 0 aromatic carbocycles. The van der Waals surface area contributed by atoms with Crippen LogP contribution in [0.15, 0.2) is 24.4 Å². The Hall–Kier alpha value is -1.54. The van der Waals surface area contributed by atoms with E-state index in [1.807, 2.05) is 18.2 Å². The summed E-state index contributed by atoms with van der Waals surface area (Å²) in [5.41, 5.74) is 0.488. The number of carbonyl (C=O) groups is 1. The zero-order valence-corrected chi connectivity index (χ0v) is 10.9. The van der Waals surface area contributed by atoms with Gasteiger partial charge >= 0.3 is 0 Å². The molecular weight excluding hydrogens is 246 g/mol. The first kappa shape index (κ1) is 12.9. The van der Waals surface area contributed by atoms with Crippen LogP contribution in [0.1, 0.15) is 25.0 Å². The Morgan fingerprint density at radius 3 is 3.00 bits per heavy atom. The van der Waals surface area contributed by atoms with Crippen molar-refractivity contribution in [2.24, 2.45) is 0 Å². The monoisotopic (exact) mass is 261 g/mol. The summed E-state index contributed by atoms with van der Waals surface area (Å²) in [5, 5.41) is 11.6. The SMILES string of the molecule is N#CC1(NC(=O)CCSCc2ccccn2)CC1. The number of rotatable bonds is 6. The number of thioether (sulfide) groups is 1. The van der Waals surface area contributed by atoms with E-state index >= 15 is 0 Å². The van der Waals surface area contributed by atoms with Crippen molar-refractivity contribution < 1.29 is 4.79 Å². The van der Waals surface area contributed by atoms with Gasteiger partial charge in [0.2, 0.25) is 5.91 Å². The van der Waals surface area contributed by atoms with E-state index in [9.17, 15) is 4.79 Å². The van der Waals surface area contributed by atoms with Gasteiger partial charge in [-0.15, -0.1) is 0 Å². The maximum absolute atomic E-state index is 11.6. The average molecular weight is 261 g/mol. The first-order chi connectivity index (χ1) is 8.74. The molecule has 0 spiro atoms. The van der Waals surface area contributed by atoms with Gasteiger partial charge in [0.1, 0.15) is 5.54 Å². The number of nitriles is 1. The van der Waals surface area contributed by atoms with E-state index in [0.29, 0.717) is 6.42 Å². The normalized spacial score (nSPS) is 15.7. The predicted molar refractivity (Wildman–Crippen MR) is 70.7 cm³/mol. The van der Waals surface area contributed by atoms with Crippen molar-refractivity contribution in [2.75, 3.05) is 5.75 Å². The molecule has 0 radical (unpaired) electrons. The minimum Gasteiger partial charge on any atom is -0.338 e. The third kappa shape index (κ3) is 3.74. The molecule has 1 aliphatic carbocycles. The van der Waals surface area contributed by atoms with Gasteiger partial charge in [-0.1, -0.05) is 6.07 Å². The highest BCUT2D eigenvalue weighted by Gasteiger charge is 2.44. The summed E-state index contributed by atoms with van der Waals surface area (Å²) in [6.07, 6.45) is 3.81. The summed E-state index contributed by atoms with van der Waals surface area (Å²) in [6.45, 7) is 0. The molecule has 0 saturated heterocycles. The summed E-state index contributed by atoms with van der Waals surface area (Å²) in [4.78, 5) is 15.8. The Kier molecular flexibility index (Phi) is 4.21. The maximum Gasteiger partial charge on any atom is 0.222 e. The molecular formula is C13H15N3OS. The summed E-state index contributed by atoms with van der Waals surface area (Å²) >= 11 is 1.68. The Morgan fingerprint density at radius 2 is 2.39 bits per heavy atom. The highest BCUT2D eigenvalue weighted by Crippen LogP contribution is 2.34. The molecule has 1 amide bonds. The minimum absolute atomic E-state index is 0.0254. The molecule has 5 heteroatoms. The highest BCUT2D eigenvalue weighted by atomic mass is 32.2. The van der Waals surface area contributed by atoms with E-state index in [4.69, 9.17) is 5.26 Å². The fraction of sp³-hybridized carbons (Fsp3) is 0.462. The lowest BCUT2D eigenvalue weighted by atomic mass is 10.3. The summed E-state index contributed by atoms with van der Waals surface area (Å²) in [5.74, 6) is 1.55. The number of hydrogen-bond donors (Lipinski definition) is 1. The second kappa shape index (κ2) is 5.87. The molecule has 0 bridgehead atoms. The Labute approximate surface area is 111 Å². The van der Waals surface area contributed by atoms with E-state index in [2.05, 4.69) is 16.4 Å². The molecule has 2 rings (SSSR count). The molecule has 1 saturated carbocycles. The lowest BCUT2D eigenvalue weighted by molar-refractivity contribution is -0.121. The van der Waals surface area contributed by atoms with Gasteiger partial charge in [0.05, 0.1) is 11.8 Å². The van der Waals surface area contributed by atoms with Gasteiger partial charge < -0.3 is 5.32 Å². The van der Waals surface area contributed by atoms with Crippen molar-refractivity contribution in [2.45, 2.75) is 30.6 Å². The molecule has 1 N–H and O–H groups in total. The molecule has 1 aromatic heterocycles. The van der Waals surface area contributed by atoms with Gasteiger partial charge in [-0.3, -0.25) is 9.78 Å². The van der Waals surface area contributed by atoms with Crippen molar-refractivity contribution in [3.63, 3.8) is 0 Å². The lowest BCUT2D eigenvalue weighted by Crippen LogP contribution is -2.35. The summed E-state index contributed by atoms with van der Waals surface area (Å²) in [6, 6.07) is 7.97. The Morgan fingerprint density at radius 1 is 1.56 bits per heavy atom. The quantitative estimate of drug-likeness (QED) is 0.794. The van der Waals surface area contributed by atoms with Crippen LogP contribution in [0.25, 0.3) is 0 Å². The topological polar surface area (TPSA) is 65.8 Å². The van der Waals surface area contributed by atoms with Crippen molar-refractivity contribution in [1.29, 1.82) is 5.26 Å². The zero-order valence-electron chi connectivity index (χ0n) is 10.1. The smallest absolute Gasteiger partial charge is 0.222 e. The van der Waals surface area contributed by atoms with Gasteiger partial charge in [-0.25, -0.2) is 0 Å². The first-order valence-electron chi connectivity index (χ1n) is 5.94. The van der Waals surface area contributed by atoms with E-state index < -0.39 is 5.54 Å².